The SMILES string of the molecule is CCOCCSc1nc2ccccc2n1C. The van der Waals surface area contributed by atoms with Gasteiger partial charge in [-0.05, 0) is 19.1 Å². The Bertz CT molecular complexity index is 467. The molecule has 0 bridgehead atoms. The van der Waals surface area contributed by atoms with Crippen molar-refractivity contribution in [2.24, 2.45) is 7.05 Å². The van der Waals surface area contributed by atoms with Crippen molar-refractivity contribution in [3.63, 3.8) is 0 Å². The van der Waals surface area contributed by atoms with E-state index in [0.717, 1.165) is 29.6 Å². The van der Waals surface area contributed by atoms with Gasteiger partial charge in [0, 0.05) is 19.4 Å². The minimum absolute atomic E-state index is 0.781. The molecule has 0 unspecified atom stereocenters. The number of fused-ring (bicyclic) bond motifs is 1. The van der Waals surface area contributed by atoms with Gasteiger partial charge in [-0.25, -0.2) is 4.98 Å². The third-order valence-electron chi connectivity index (χ3n) is 2.41. The molecule has 0 aliphatic heterocycles. The van der Waals surface area contributed by atoms with Gasteiger partial charge in [0.1, 0.15) is 0 Å². The van der Waals surface area contributed by atoms with Gasteiger partial charge in [-0.15, -0.1) is 0 Å². The monoisotopic (exact) mass is 236 g/mol. The Morgan fingerprint density at radius 1 is 1.38 bits per heavy atom. The third kappa shape index (κ3) is 2.39. The van der Waals surface area contributed by atoms with E-state index in [1.807, 2.05) is 25.1 Å². The lowest BCUT2D eigenvalue weighted by Gasteiger charge is -2.02. The number of hydrogen-bond acceptors (Lipinski definition) is 3. The summed E-state index contributed by atoms with van der Waals surface area (Å²) in [6, 6.07) is 8.19. The Morgan fingerprint density at radius 3 is 2.94 bits per heavy atom. The van der Waals surface area contributed by atoms with Crippen LogP contribution in [0.4, 0.5) is 0 Å². The summed E-state index contributed by atoms with van der Waals surface area (Å²) in [5, 5.41) is 1.06. The van der Waals surface area contributed by atoms with Crippen LogP contribution in [0.3, 0.4) is 0 Å². The second-order valence-electron chi connectivity index (χ2n) is 3.49. The quantitative estimate of drug-likeness (QED) is 0.590. The smallest absolute Gasteiger partial charge is 0.168 e. The minimum Gasteiger partial charge on any atom is -0.381 e. The molecule has 0 fully saturated rings. The van der Waals surface area contributed by atoms with Crippen molar-refractivity contribution in [2.45, 2.75) is 12.1 Å². The number of aryl methyl sites for hydroxylation is 1. The number of hydrogen-bond donors (Lipinski definition) is 0. The van der Waals surface area contributed by atoms with Crippen molar-refractivity contribution < 1.29 is 4.74 Å². The first-order valence-electron chi connectivity index (χ1n) is 5.45. The van der Waals surface area contributed by atoms with Gasteiger partial charge in [-0.1, -0.05) is 23.9 Å². The van der Waals surface area contributed by atoms with Crippen LogP contribution >= 0.6 is 11.8 Å². The Kier molecular flexibility index (Phi) is 3.85. The van der Waals surface area contributed by atoms with Gasteiger partial charge in [0.25, 0.3) is 0 Å². The molecule has 0 N–H and O–H groups in total. The minimum atomic E-state index is 0.781. The van der Waals surface area contributed by atoms with Gasteiger partial charge in [0.15, 0.2) is 5.16 Å². The fraction of sp³-hybridized carbons (Fsp3) is 0.417. The van der Waals surface area contributed by atoms with Gasteiger partial charge in [0.2, 0.25) is 0 Å². The normalized spacial score (nSPS) is 11.1. The van der Waals surface area contributed by atoms with Gasteiger partial charge in [-0.2, -0.15) is 0 Å². The predicted octanol–water partition coefficient (Wildman–Crippen LogP) is 2.70. The van der Waals surface area contributed by atoms with E-state index in [0.29, 0.717) is 0 Å². The van der Waals surface area contributed by atoms with E-state index < -0.39 is 0 Å². The Hall–Kier alpha value is -1.00. The second kappa shape index (κ2) is 5.37. The molecule has 0 atom stereocenters. The fourth-order valence-electron chi connectivity index (χ4n) is 1.59. The summed E-state index contributed by atoms with van der Waals surface area (Å²) < 4.78 is 7.44. The molecule has 1 heterocycles. The van der Waals surface area contributed by atoms with E-state index in [1.54, 1.807) is 11.8 Å². The number of ether oxygens (including phenoxy) is 1. The van der Waals surface area contributed by atoms with Gasteiger partial charge >= 0.3 is 0 Å². The predicted molar refractivity (Wildman–Crippen MR) is 67.9 cm³/mol. The standard InChI is InChI=1S/C12H16N2OS/c1-3-15-8-9-16-12-13-10-6-4-5-7-11(10)14(12)2/h4-7H,3,8-9H2,1-2H3. The number of aromatic nitrogens is 2. The zero-order chi connectivity index (χ0) is 11.4. The molecule has 86 valence electrons. The van der Waals surface area contributed by atoms with Crippen LogP contribution in [0.1, 0.15) is 6.92 Å². The number of benzene rings is 1. The molecule has 0 aliphatic carbocycles. The highest BCUT2D eigenvalue weighted by molar-refractivity contribution is 7.99. The van der Waals surface area contributed by atoms with E-state index in [4.69, 9.17) is 4.74 Å². The van der Waals surface area contributed by atoms with Crippen LogP contribution in [0.25, 0.3) is 11.0 Å². The zero-order valence-corrected chi connectivity index (χ0v) is 10.5. The van der Waals surface area contributed by atoms with Crippen LogP contribution in [-0.4, -0.2) is 28.5 Å². The molecule has 0 radical (unpaired) electrons. The van der Waals surface area contributed by atoms with Crippen LogP contribution < -0.4 is 0 Å². The summed E-state index contributed by atoms with van der Waals surface area (Å²) in [5.41, 5.74) is 2.24. The first kappa shape index (κ1) is 11.5. The third-order valence-corrected chi connectivity index (χ3v) is 3.40. The first-order valence-corrected chi connectivity index (χ1v) is 6.43. The Balaban J connectivity index is 2.09. The van der Waals surface area contributed by atoms with E-state index in [2.05, 4.69) is 22.7 Å². The number of imidazole rings is 1. The van der Waals surface area contributed by atoms with Gasteiger partial charge < -0.3 is 9.30 Å². The second-order valence-corrected chi connectivity index (χ2v) is 4.55. The van der Waals surface area contributed by atoms with Crippen LogP contribution in [0.2, 0.25) is 0 Å². The summed E-state index contributed by atoms with van der Waals surface area (Å²) in [6.07, 6.45) is 0. The molecule has 0 spiro atoms. The molecule has 1 aromatic heterocycles. The van der Waals surface area contributed by atoms with Gasteiger partial charge in [0.05, 0.1) is 17.6 Å². The van der Waals surface area contributed by atoms with E-state index in [1.165, 1.54) is 5.52 Å². The maximum Gasteiger partial charge on any atom is 0.168 e. The van der Waals surface area contributed by atoms with E-state index in [9.17, 15) is 0 Å². The number of thioether (sulfide) groups is 1. The summed E-state index contributed by atoms with van der Waals surface area (Å²) in [4.78, 5) is 4.58. The van der Waals surface area contributed by atoms with Crippen LogP contribution in [0, 0.1) is 0 Å². The summed E-state index contributed by atoms with van der Waals surface area (Å²) in [6.45, 7) is 3.58. The van der Waals surface area contributed by atoms with Crippen molar-refractivity contribution in [1.29, 1.82) is 0 Å². The van der Waals surface area contributed by atoms with E-state index >= 15 is 0 Å². The van der Waals surface area contributed by atoms with Gasteiger partial charge in [-0.3, -0.25) is 0 Å². The van der Waals surface area contributed by atoms with Crippen molar-refractivity contribution in [2.75, 3.05) is 19.0 Å². The molecule has 0 amide bonds. The van der Waals surface area contributed by atoms with Crippen molar-refractivity contribution >= 4 is 22.8 Å². The number of para-hydroxylation sites is 2. The van der Waals surface area contributed by atoms with Crippen molar-refractivity contribution in [3.8, 4) is 0 Å². The van der Waals surface area contributed by atoms with E-state index in [-0.39, 0.29) is 0 Å². The molecule has 3 nitrogen and oxygen atoms in total. The summed E-state index contributed by atoms with van der Waals surface area (Å²) >= 11 is 1.74. The Morgan fingerprint density at radius 2 is 2.19 bits per heavy atom. The van der Waals surface area contributed by atoms with Crippen LogP contribution in [0.15, 0.2) is 29.4 Å². The molecular weight excluding hydrogens is 220 g/mol. The molecule has 4 heteroatoms. The maximum absolute atomic E-state index is 5.31. The average molecular weight is 236 g/mol. The highest BCUT2D eigenvalue weighted by Crippen LogP contribution is 2.22. The molecule has 16 heavy (non-hydrogen) atoms. The highest BCUT2D eigenvalue weighted by Gasteiger charge is 2.06. The molecule has 2 aromatic rings. The Labute approximate surface area is 99.8 Å². The summed E-state index contributed by atoms with van der Waals surface area (Å²) in [7, 11) is 2.05. The maximum atomic E-state index is 5.31. The zero-order valence-electron chi connectivity index (χ0n) is 9.64. The van der Waals surface area contributed by atoms with Crippen molar-refractivity contribution in [3.05, 3.63) is 24.3 Å². The molecule has 0 saturated carbocycles. The summed E-state index contributed by atoms with van der Waals surface area (Å²) in [5.74, 6) is 0.949. The van der Waals surface area contributed by atoms with Crippen LogP contribution in [-0.2, 0) is 11.8 Å². The molecule has 0 saturated heterocycles. The lowest BCUT2D eigenvalue weighted by Crippen LogP contribution is -1.98. The first-order chi connectivity index (χ1) is 7.83. The molecule has 0 aliphatic rings. The molecule has 2 rings (SSSR count). The lowest BCUT2D eigenvalue weighted by molar-refractivity contribution is 0.164. The largest absolute Gasteiger partial charge is 0.381 e. The number of nitrogens with zero attached hydrogens (tertiary/aromatic N) is 2. The fourth-order valence-corrected chi connectivity index (χ4v) is 2.43. The highest BCUT2D eigenvalue weighted by atomic mass is 32.2. The van der Waals surface area contributed by atoms with Crippen molar-refractivity contribution in [1.82, 2.24) is 9.55 Å². The van der Waals surface area contributed by atoms with Crippen LogP contribution in [0.5, 0.6) is 0 Å². The molecule has 1 aromatic carbocycles. The lowest BCUT2D eigenvalue weighted by atomic mass is 10.3. The molecular formula is C12H16N2OS. The average Bonchev–Trinajstić information content (AvgIpc) is 2.63. The number of rotatable bonds is 5. The topological polar surface area (TPSA) is 27.1 Å².